The number of ether oxygens (including phenoxy) is 1. The summed E-state index contributed by atoms with van der Waals surface area (Å²) in [7, 11) is 1.44. The Morgan fingerprint density at radius 2 is 1.93 bits per heavy atom. The largest absolute Gasteiger partial charge is 0.508 e. The lowest BCUT2D eigenvalue weighted by Crippen LogP contribution is -2.33. The topological polar surface area (TPSA) is 129 Å². The molecule has 0 spiro atoms. The fourth-order valence-electron chi connectivity index (χ4n) is 3.36. The Labute approximate surface area is 164 Å². The van der Waals surface area contributed by atoms with Crippen molar-refractivity contribution in [3.05, 3.63) is 80.5 Å². The first kappa shape index (κ1) is 18.4. The molecule has 148 valence electrons. The van der Waals surface area contributed by atoms with Gasteiger partial charge in [0.25, 0.3) is 5.56 Å². The van der Waals surface area contributed by atoms with E-state index in [1.165, 1.54) is 7.11 Å². The van der Waals surface area contributed by atoms with Gasteiger partial charge in [-0.3, -0.25) is 9.78 Å². The van der Waals surface area contributed by atoms with Crippen molar-refractivity contribution in [2.45, 2.75) is 12.5 Å². The number of nitrogens with zero attached hydrogens (tertiary/aromatic N) is 2. The summed E-state index contributed by atoms with van der Waals surface area (Å²) in [5, 5.41) is 24.7. The number of methoxy groups -OCH3 is 1. The van der Waals surface area contributed by atoms with Crippen molar-refractivity contribution < 1.29 is 14.9 Å². The SMILES string of the molecule is COc1ccccc1-n1c(O)c(C2=NN[C@@H](c3cccc(O)c3)C2)c(=O)[nH]c1=O. The van der Waals surface area contributed by atoms with Crippen LogP contribution in [0, 0.1) is 0 Å². The minimum atomic E-state index is -0.795. The third kappa shape index (κ3) is 3.22. The lowest BCUT2D eigenvalue weighted by molar-refractivity contribution is 0.401. The average molecular weight is 394 g/mol. The second-order valence-corrected chi connectivity index (χ2v) is 6.50. The third-order valence-electron chi connectivity index (χ3n) is 4.73. The number of hydrogen-bond donors (Lipinski definition) is 4. The summed E-state index contributed by atoms with van der Waals surface area (Å²) in [4.78, 5) is 27.1. The standard InChI is InChI=1S/C20H18N4O5/c1-29-16-8-3-2-7-15(16)24-19(27)17(18(26)21-20(24)28)14-10-13(22-23-14)11-5-4-6-12(25)9-11/h2-9,13,22,25,27H,10H2,1H3,(H,21,26,28)/t13-/m1/s1. The van der Waals surface area contributed by atoms with Gasteiger partial charge in [-0.1, -0.05) is 24.3 Å². The predicted molar refractivity (Wildman–Crippen MR) is 106 cm³/mol. The molecule has 0 aliphatic carbocycles. The molecule has 9 heteroatoms. The highest BCUT2D eigenvalue weighted by molar-refractivity contribution is 6.03. The smallest absolute Gasteiger partial charge is 0.335 e. The Kier molecular flexibility index (Phi) is 4.55. The maximum Gasteiger partial charge on any atom is 0.335 e. The highest BCUT2D eigenvalue weighted by atomic mass is 16.5. The summed E-state index contributed by atoms with van der Waals surface area (Å²) in [6, 6.07) is 13.0. The zero-order chi connectivity index (χ0) is 20.5. The zero-order valence-electron chi connectivity index (χ0n) is 15.4. The Bertz CT molecular complexity index is 1230. The quantitative estimate of drug-likeness (QED) is 0.529. The van der Waals surface area contributed by atoms with E-state index in [2.05, 4.69) is 15.5 Å². The minimum Gasteiger partial charge on any atom is -0.508 e. The summed E-state index contributed by atoms with van der Waals surface area (Å²) < 4.78 is 6.23. The highest BCUT2D eigenvalue weighted by Crippen LogP contribution is 2.30. The number of nitrogens with one attached hydrogen (secondary N) is 2. The minimum absolute atomic E-state index is 0.106. The highest BCUT2D eigenvalue weighted by Gasteiger charge is 2.28. The second kappa shape index (κ2) is 7.19. The normalized spacial score (nSPS) is 15.6. The van der Waals surface area contributed by atoms with Crippen LogP contribution in [-0.4, -0.2) is 32.6 Å². The molecule has 1 aliphatic heterocycles. The monoisotopic (exact) mass is 394 g/mol. The number of hydrazone groups is 1. The first-order valence-electron chi connectivity index (χ1n) is 8.82. The molecule has 1 aliphatic rings. The predicted octanol–water partition coefficient (Wildman–Crippen LogP) is 1.38. The van der Waals surface area contributed by atoms with Gasteiger partial charge in [0, 0.05) is 6.42 Å². The van der Waals surface area contributed by atoms with Gasteiger partial charge in [-0.15, -0.1) is 0 Å². The average Bonchev–Trinajstić information content (AvgIpc) is 3.18. The number of aromatic amines is 1. The van der Waals surface area contributed by atoms with Gasteiger partial charge >= 0.3 is 5.69 Å². The van der Waals surface area contributed by atoms with Gasteiger partial charge in [-0.25, -0.2) is 9.36 Å². The number of hydrogen-bond acceptors (Lipinski definition) is 7. The second-order valence-electron chi connectivity index (χ2n) is 6.50. The number of aromatic hydroxyl groups is 2. The molecule has 1 atom stereocenters. The van der Waals surface area contributed by atoms with Crippen LogP contribution >= 0.6 is 0 Å². The summed E-state index contributed by atoms with van der Waals surface area (Å²) >= 11 is 0. The lowest BCUT2D eigenvalue weighted by Gasteiger charge is -2.14. The fourth-order valence-corrected chi connectivity index (χ4v) is 3.36. The van der Waals surface area contributed by atoms with E-state index < -0.39 is 17.1 Å². The van der Waals surface area contributed by atoms with E-state index in [1.807, 2.05) is 6.07 Å². The van der Waals surface area contributed by atoms with Gasteiger partial charge in [-0.2, -0.15) is 5.10 Å². The van der Waals surface area contributed by atoms with Crippen LogP contribution in [0.2, 0.25) is 0 Å². The van der Waals surface area contributed by atoms with Crippen LogP contribution in [0.15, 0.2) is 63.2 Å². The molecule has 0 fully saturated rings. The van der Waals surface area contributed by atoms with Crippen molar-refractivity contribution >= 4 is 5.71 Å². The summed E-state index contributed by atoms with van der Waals surface area (Å²) in [6.07, 6.45) is 0.282. The van der Waals surface area contributed by atoms with E-state index in [1.54, 1.807) is 42.5 Å². The van der Waals surface area contributed by atoms with Crippen molar-refractivity contribution in [2.75, 3.05) is 7.11 Å². The van der Waals surface area contributed by atoms with Crippen LogP contribution in [0.3, 0.4) is 0 Å². The molecule has 4 N–H and O–H groups in total. The van der Waals surface area contributed by atoms with Crippen LogP contribution in [0.5, 0.6) is 17.4 Å². The molecule has 4 rings (SSSR count). The number of phenols is 1. The van der Waals surface area contributed by atoms with Crippen molar-refractivity contribution in [3.8, 4) is 23.1 Å². The van der Waals surface area contributed by atoms with Gasteiger partial charge in [0.05, 0.1) is 24.6 Å². The maximum atomic E-state index is 12.5. The van der Waals surface area contributed by atoms with Crippen molar-refractivity contribution in [1.82, 2.24) is 15.0 Å². The van der Waals surface area contributed by atoms with E-state index in [-0.39, 0.29) is 29.5 Å². The van der Waals surface area contributed by atoms with Crippen molar-refractivity contribution in [3.63, 3.8) is 0 Å². The maximum absolute atomic E-state index is 12.5. The molecular weight excluding hydrogens is 376 g/mol. The van der Waals surface area contributed by atoms with Gasteiger partial charge in [0.2, 0.25) is 5.88 Å². The van der Waals surface area contributed by atoms with Gasteiger partial charge in [-0.05, 0) is 29.8 Å². The van der Waals surface area contributed by atoms with Crippen LogP contribution < -0.4 is 21.4 Å². The summed E-state index contributed by atoms with van der Waals surface area (Å²) in [5.74, 6) is -0.0597. The Morgan fingerprint density at radius 1 is 1.14 bits per heavy atom. The van der Waals surface area contributed by atoms with E-state index in [0.29, 0.717) is 11.5 Å². The summed E-state index contributed by atoms with van der Waals surface area (Å²) in [6.45, 7) is 0. The number of aromatic nitrogens is 2. The van der Waals surface area contributed by atoms with Gasteiger partial charge in [0.1, 0.15) is 17.1 Å². The Balaban J connectivity index is 1.78. The van der Waals surface area contributed by atoms with E-state index in [9.17, 15) is 19.8 Å². The Morgan fingerprint density at radius 3 is 2.69 bits per heavy atom. The molecule has 29 heavy (non-hydrogen) atoms. The zero-order valence-corrected chi connectivity index (χ0v) is 15.4. The molecule has 1 aromatic heterocycles. The van der Waals surface area contributed by atoms with Crippen LogP contribution in [0.25, 0.3) is 5.69 Å². The molecule has 2 heterocycles. The number of rotatable bonds is 4. The Hall–Kier alpha value is -4.01. The number of H-pyrrole nitrogens is 1. The number of benzene rings is 2. The molecule has 0 unspecified atom stereocenters. The van der Waals surface area contributed by atoms with Crippen molar-refractivity contribution in [2.24, 2.45) is 5.10 Å². The summed E-state index contributed by atoms with van der Waals surface area (Å²) in [5.41, 5.74) is 2.61. The lowest BCUT2D eigenvalue weighted by atomic mass is 10.00. The molecule has 0 amide bonds. The van der Waals surface area contributed by atoms with Crippen LogP contribution in [0.4, 0.5) is 0 Å². The fraction of sp³-hybridized carbons (Fsp3) is 0.150. The van der Waals surface area contributed by atoms with Gasteiger partial charge < -0.3 is 20.4 Å². The first-order chi connectivity index (χ1) is 14.0. The van der Waals surface area contributed by atoms with E-state index in [4.69, 9.17) is 4.74 Å². The molecule has 2 aromatic carbocycles. The van der Waals surface area contributed by atoms with E-state index >= 15 is 0 Å². The molecule has 0 saturated carbocycles. The number of para-hydroxylation sites is 2. The first-order valence-corrected chi connectivity index (χ1v) is 8.82. The van der Waals surface area contributed by atoms with Crippen molar-refractivity contribution in [1.29, 1.82) is 0 Å². The molecule has 0 saturated heterocycles. The third-order valence-corrected chi connectivity index (χ3v) is 4.73. The van der Waals surface area contributed by atoms with Crippen LogP contribution in [0.1, 0.15) is 23.6 Å². The van der Waals surface area contributed by atoms with E-state index in [0.717, 1.165) is 10.1 Å². The molecular formula is C20H18N4O5. The molecule has 0 bridgehead atoms. The van der Waals surface area contributed by atoms with Gasteiger partial charge in [0.15, 0.2) is 0 Å². The molecule has 0 radical (unpaired) electrons. The number of phenolic OH excluding ortho intramolecular Hbond substituents is 1. The molecule has 9 nitrogen and oxygen atoms in total. The molecule has 3 aromatic rings. The van der Waals surface area contributed by atoms with Crippen LogP contribution in [-0.2, 0) is 0 Å².